The van der Waals surface area contributed by atoms with Crippen LogP contribution in [0.1, 0.15) is 44.1 Å². The maximum atomic E-state index is 12.4. The Bertz CT molecular complexity index is 972. The molecule has 2 saturated carbocycles. The number of sulfonamides is 1. The van der Waals surface area contributed by atoms with E-state index in [-0.39, 0.29) is 18.0 Å². The third-order valence-corrected chi connectivity index (χ3v) is 7.38. The number of hydrogen-bond donors (Lipinski definition) is 2. The summed E-state index contributed by atoms with van der Waals surface area (Å²) in [5.74, 6) is 0.819. The van der Waals surface area contributed by atoms with Crippen LogP contribution in [0.5, 0.6) is 0 Å². The molecule has 0 aromatic heterocycles. The van der Waals surface area contributed by atoms with E-state index in [1.54, 1.807) is 6.07 Å². The third kappa shape index (κ3) is 6.48. The van der Waals surface area contributed by atoms with Crippen LogP contribution in [0.15, 0.2) is 41.8 Å². The highest BCUT2D eigenvalue weighted by molar-refractivity contribution is 7.92. The first-order valence-electron chi connectivity index (χ1n) is 10.6. The monoisotopic (exact) mass is 448 g/mol. The first-order valence-corrected chi connectivity index (χ1v) is 12.1. The Kier molecular flexibility index (Phi) is 7.61. The van der Waals surface area contributed by atoms with Crippen LogP contribution in [0.2, 0.25) is 0 Å². The topological polar surface area (TPSA) is 127 Å². The normalized spacial score (nSPS) is 25.5. The average molecular weight is 449 g/mol. The second kappa shape index (κ2) is 10.2. The predicted octanol–water partition coefficient (Wildman–Crippen LogP) is 3.96. The number of carboxylic acids is 1. The smallest absolute Gasteiger partial charge is 0.303 e. The van der Waals surface area contributed by atoms with Gasteiger partial charge < -0.3 is 5.11 Å². The van der Waals surface area contributed by atoms with Crippen molar-refractivity contribution in [2.45, 2.75) is 38.5 Å². The molecule has 168 valence electrons. The minimum absolute atomic E-state index is 0.0903. The van der Waals surface area contributed by atoms with Crippen molar-refractivity contribution >= 4 is 27.8 Å². The van der Waals surface area contributed by atoms with Crippen LogP contribution in [-0.2, 0) is 14.8 Å². The Hall–Kier alpha value is -2.52. The number of nitro benzene ring substituents is 1. The van der Waals surface area contributed by atoms with Crippen molar-refractivity contribution < 1.29 is 23.2 Å². The van der Waals surface area contributed by atoms with Crippen molar-refractivity contribution in [3.05, 3.63) is 57.5 Å². The van der Waals surface area contributed by atoms with Crippen molar-refractivity contribution in [1.82, 2.24) is 4.72 Å². The molecule has 2 bridgehead atoms. The van der Waals surface area contributed by atoms with Gasteiger partial charge in [-0.2, -0.15) is 0 Å². The molecule has 0 aliphatic heterocycles. The summed E-state index contributed by atoms with van der Waals surface area (Å²) < 4.78 is 27.6. The fourth-order valence-corrected chi connectivity index (χ4v) is 5.71. The van der Waals surface area contributed by atoms with Crippen molar-refractivity contribution in [3.63, 3.8) is 0 Å². The molecule has 31 heavy (non-hydrogen) atoms. The van der Waals surface area contributed by atoms with Gasteiger partial charge in [0.05, 0.1) is 4.92 Å². The lowest BCUT2D eigenvalue weighted by molar-refractivity contribution is -0.384. The quantitative estimate of drug-likeness (QED) is 0.228. The molecule has 0 amide bonds. The summed E-state index contributed by atoms with van der Waals surface area (Å²) in [7, 11) is -3.67. The summed E-state index contributed by atoms with van der Waals surface area (Å²) in [5, 5.41) is 20.6. The Balaban J connectivity index is 1.57. The summed E-state index contributed by atoms with van der Waals surface area (Å²) in [6, 6.07) is 5.81. The van der Waals surface area contributed by atoms with Crippen LogP contribution in [0.4, 0.5) is 5.69 Å². The highest BCUT2D eigenvalue weighted by Crippen LogP contribution is 2.52. The molecule has 0 heterocycles. The van der Waals surface area contributed by atoms with E-state index in [4.69, 9.17) is 5.11 Å². The lowest BCUT2D eigenvalue weighted by Gasteiger charge is -2.29. The van der Waals surface area contributed by atoms with Gasteiger partial charge in [-0.1, -0.05) is 24.3 Å². The fraction of sp³-hybridized carbons (Fsp3) is 0.500. The molecule has 4 atom stereocenters. The van der Waals surface area contributed by atoms with Gasteiger partial charge in [0, 0.05) is 30.5 Å². The van der Waals surface area contributed by atoms with Gasteiger partial charge in [-0.3, -0.25) is 14.9 Å². The summed E-state index contributed by atoms with van der Waals surface area (Å²) in [4.78, 5) is 21.0. The predicted molar refractivity (Wildman–Crippen MR) is 117 cm³/mol. The first kappa shape index (κ1) is 23.1. The molecule has 0 radical (unpaired) electrons. The number of rotatable bonds is 11. The zero-order valence-corrected chi connectivity index (χ0v) is 18.0. The van der Waals surface area contributed by atoms with Gasteiger partial charge in [0.2, 0.25) is 10.0 Å². The summed E-state index contributed by atoms with van der Waals surface area (Å²) in [6.07, 6.45) is 10.4. The zero-order chi connectivity index (χ0) is 22.4. The fourth-order valence-electron chi connectivity index (χ4n) is 4.85. The standard InChI is InChI=1S/C22H28N2O6S/c25-22(26)8-3-1-2-7-20-17-9-10-18(14-17)21(20)15-23-31(29,30)12-11-16-5-4-6-19(13-16)24(27)28/h2,4-7,11-13,17-18,20-21,23H,1,3,8-10,14-15H2,(H,25,26)/b7-2+,12-11+. The molecule has 9 heteroatoms. The number of fused-ring (bicyclic) bond motifs is 2. The minimum Gasteiger partial charge on any atom is -0.481 e. The number of carboxylic acid groups (broad SMARTS) is 1. The van der Waals surface area contributed by atoms with E-state index in [0.717, 1.165) is 24.7 Å². The molecular formula is C22H28N2O6S. The molecule has 2 N–H and O–H groups in total. The molecule has 2 aliphatic rings. The van der Waals surface area contributed by atoms with E-state index >= 15 is 0 Å². The first-order chi connectivity index (χ1) is 14.7. The number of nitrogens with one attached hydrogen (secondary N) is 1. The Morgan fingerprint density at radius 2 is 2.06 bits per heavy atom. The second-order valence-corrected chi connectivity index (χ2v) is 9.99. The molecule has 2 fully saturated rings. The van der Waals surface area contributed by atoms with Gasteiger partial charge in [0.1, 0.15) is 0 Å². The van der Waals surface area contributed by atoms with Crippen LogP contribution in [-0.4, -0.2) is 31.0 Å². The summed E-state index contributed by atoms with van der Waals surface area (Å²) in [6.45, 7) is 0.354. The molecule has 1 aromatic rings. The Morgan fingerprint density at radius 1 is 1.29 bits per heavy atom. The molecular weight excluding hydrogens is 420 g/mol. The summed E-state index contributed by atoms with van der Waals surface area (Å²) in [5.41, 5.74) is 0.356. The van der Waals surface area contributed by atoms with Crippen LogP contribution < -0.4 is 4.72 Å². The molecule has 8 nitrogen and oxygen atoms in total. The number of nitrogens with zero attached hydrogens (tertiary/aromatic N) is 1. The van der Waals surface area contributed by atoms with Crippen LogP contribution in [0.3, 0.4) is 0 Å². The van der Waals surface area contributed by atoms with Gasteiger partial charge in [0.15, 0.2) is 0 Å². The molecule has 0 spiro atoms. The van der Waals surface area contributed by atoms with Crippen molar-refractivity contribution in [2.75, 3.05) is 6.54 Å². The largest absolute Gasteiger partial charge is 0.481 e. The van der Waals surface area contributed by atoms with E-state index in [9.17, 15) is 23.3 Å². The van der Waals surface area contributed by atoms with E-state index in [1.165, 1.54) is 24.3 Å². The van der Waals surface area contributed by atoms with E-state index in [2.05, 4.69) is 10.8 Å². The number of hydrogen-bond acceptors (Lipinski definition) is 5. The number of benzene rings is 1. The number of nitro groups is 1. The van der Waals surface area contributed by atoms with E-state index in [0.29, 0.717) is 42.7 Å². The highest BCUT2D eigenvalue weighted by Gasteiger charge is 2.46. The lowest BCUT2D eigenvalue weighted by atomic mass is 9.79. The third-order valence-electron chi connectivity index (χ3n) is 6.32. The van der Waals surface area contributed by atoms with Crippen molar-refractivity contribution in [1.29, 1.82) is 0 Å². The number of non-ortho nitro benzene ring substituents is 1. The molecule has 0 saturated heterocycles. The Morgan fingerprint density at radius 3 is 2.81 bits per heavy atom. The van der Waals surface area contributed by atoms with Gasteiger partial charge >= 0.3 is 5.97 Å². The molecule has 4 unspecified atom stereocenters. The van der Waals surface area contributed by atoms with Crippen LogP contribution in [0.25, 0.3) is 6.08 Å². The lowest BCUT2D eigenvalue weighted by Crippen LogP contribution is -2.34. The SMILES string of the molecule is O=C(O)CCC/C=C/C1C2CCC(C2)C1CNS(=O)(=O)/C=C/c1cccc([N+](=O)[O-])c1. The number of unbranched alkanes of at least 4 members (excludes halogenated alkanes) is 1. The van der Waals surface area contributed by atoms with E-state index in [1.807, 2.05) is 6.08 Å². The minimum atomic E-state index is -3.67. The average Bonchev–Trinajstić information content (AvgIpc) is 3.32. The van der Waals surface area contributed by atoms with Crippen molar-refractivity contribution in [2.24, 2.45) is 23.7 Å². The zero-order valence-electron chi connectivity index (χ0n) is 17.2. The van der Waals surface area contributed by atoms with E-state index < -0.39 is 20.9 Å². The molecule has 2 aliphatic carbocycles. The van der Waals surface area contributed by atoms with Crippen molar-refractivity contribution in [3.8, 4) is 0 Å². The second-order valence-electron chi connectivity index (χ2n) is 8.34. The number of carbonyl (C=O) groups is 1. The van der Waals surface area contributed by atoms with Crippen LogP contribution >= 0.6 is 0 Å². The highest BCUT2D eigenvalue weighted by atomic mass is 32.2. The maximum absolute atomic E-state index is 12.4. The van der Waals surface area contributed by atoms with Gasteiger partial charge in [-0.05, 0) is 67.4 Å². The van der Waals surface area contributed by atoms with Crippen LogP contribution in [0, 0.1) is 33.8 Å². The molecule has 1 aromatic carbocycles. The van der Waals surface area contributed by atoms with Gasteiger partial charge in [-0.25, -0.2) is 13.1 Å². The van der Waals surface area contributed by atoms with Gasteiger partial charge in [-0.15, -0.1) is 0 Å². The Labute approximate surface area is 182 Å². The van der Waals surface area contributed by atoms with Gasteiger partial charge in [0.25, 0.3) is 5.69 Å². The number of allylic oxidation sites excluding steroid dienone is 2. The summed E-state index contributed by atoms with van der Waals surface area (Å²) >= 11 is 0. The maximum Gasteiger partial charge on any atom is 0.303 e. The number of aliphatic carboxylic acids is 1. The molecule has 3 rings (SSSR count).